The van der Waals surface area contributed by atoms with Crippen LogP contribution >= 0.6 is 0 Å². The minimum atomic E-state index is 0.424. The lowest BCUT2D eigenvalue weighted by Crippen LogP contribution is -2.29. The molecule has 0 bridgehead atoms. The first kappa shape index (κ1) is 11.6. The first-order valence-corrected chi connectivity index (χ1v) is 5.79. The number of anilines is 2. The van der Waals surface area contributed by atoms with Gasteiger partial charge in [-0.05, 0) is 13.3 Å². The third-order valence-electron chi connectivity index (χ3n) is 3.10. The summed E-state index contributed by atoms with van der Waals surface area (Å²) in [5, 5.41) is 10.8. The lowest BCUT2D eigenvalue weighted by atomic mass is 10.2. The zero-order chi connectivity index (χ0) is 12.4. The van der Waals surface area contributed by atoms with Gasteiger partial charge in [0.2, 0.25) is 5.95 Å². The van der Waals surface area contributed by atoms with Crippen LogP contribution in [-0.2, 0) is 0 Å². The Hall–Kier alpha value is -1.85. The maximum absolute atomic E-state index is 4.50. The minimum absolute atomic E-state index is 0.424. The van der Waals surface area contributed by atoms with E-state index in [4.69, 9.17) is 0 Å². The summed E-state index contributed by atoms with van der Waals surface area (Å²) in [4.78, 5) is 11.0. The predicted octanol–water partition coefficient (Wildman–Crippen LogP) is 1.63. The highest BCUT2D eigenvalue weighted by Crippen LogP contribution is 2.24. The molecule has 2 rings (SSSR count). The maximum atomic E-state index is 4.50. The van der Waals surface area contributed by atoms with Crippen LogP contribution in [0.1, 0.15) is 20.3 Å². The summed E-state index contributed by atoms with van der Waals surface area (Å²) >= 11 is 0. The third kappa shape index (κ3) is 2.02. The number of aromatic amines is 1. The quantitative estimate of drug-likeness (QED) is 0.841. The van der Waals surface area contributed by atoms with Crippen molar-refractivity contribution in [1.29, 1.82) is 0 Å². The molecule has 0 aliphatic rings. The van der Waals surface area contributed by atoms with Crippen molar-refractivity contribution in [2.75, 3.05) is 24.3 Å². The molecule has 0 radical (unpaired) electrons. The van der Waals surface area contributed by atoms with E-state index in [1.165, 1.54) is 0 Å². The number of fused-ring (bicyclic) bond motifs is 1. The van der Waals surface area contributed by atoms with Crippen LogP contribution in [0, 0.1) is 0 Å². The summed E-state index contributed by atoms with van der Waals surface area (Å²) in [6.07, 6.45) is 2.83. The molecule has 17 heavy (non-hydrogen) atoms. The molecule has 2 N–H and O–H groups in total. The maximum Gasteiger partial charge on any atom is 0.226 e. The van der Waals surface area contributed by atoms with Gasteiger partial charge in [-0.2, -0.15) is 15.1 Å². The molecular formula is C11H18N6. The molecule has 2 aromatic rings. The summed E-state index contributed by atoms with van der Waals surface area (Å²) in [5.74, 6) is 1.51. The molecule has 0 aromatic carbocycles. The van der Waals surface area contributed by atoms with Crippen molar-refractivity contribution in [1.82, 2.24) is 20.2 Å². The highest BCUT2D eigenvalue weighted by molar-refractivity contribution is 5.87. The summed E-state index contributed by atoms with van der Waals surface area (Å²) in [5.41, 5.74) is 0.759. The second kappa shape index (κ2) is 4.57. The van der Waals surface area contributed by atoms with Crippen LogP contribution in [0.2, 0.25) is 0 Å². The van der Waals surface area contributed by atoms with Gasteiger partial charge in [-0.15, -0.1) is 0 Å². The van der Waals surface area contributed by atoms with Gasteiger partial charge in [-0.3, -0.25) is 5.10 Å². The van der Waals surface area contributed by atoms with Crippen molar-refractivity contribution >= 4 is 22.8 Å². The molecular weight excluding hydrogens is 216 g/mol. The standard InChI is InChI=1S/C11H18N6/c1-5-7(2)17(4)10-8-6-13-16-9(8)14-11(12-3)15-10/h6-7H,5H2,1-4H3,(H2,12,13,14,15,16). The molecule has 2 aromatic heterocycles. The van der Waals surface area contributed by atoms with E-state index in [0.29, 0.717) is 12.0 Å². The monoisotopic (exact) mass is 234 g/mol. The smallest absolute Gasteiger partial charge is 0.226 e. The van der Waals surface area contributed by atoms with Crippen molar-refractivity contribution in [2.45, 2.75) is 26.3 Å². The van der Waals surface area contributed by atoms with E-state index in [1.807, 2.05) is 14.1 Å². The Morgan fingerprint density at radius 3 is 2.88 bits per heavy atom. The van der Waals surface area contributed by atoms with Crippen molar-refractivity contribution < 1.29 is 0 Å². The van der Waals surface area contributed by atoms with Gasteiger partial charge < -0.3 is 10.2 Å². The first-order valence-electron chi connectivity index (χ1n) is 5.79. The van der Waals surface area contributed by atoms with Gasteiger partial charge in [0.1, 0.15) is 5.82 Å². The van der Waals surface area contributed by atoms with Gasteiger partial charge in [0.15, 0.2) is 5.65 Å². The van der Waals surface area contributed by atoms with Gasteiger partial charge in [0, 0.05) is 20.1 Å². The molecule has 0 amide bonds. The highest BCUT2D eigenvalue weighted by Gasteiger charge is 2.15. The molecule has 6 nitrogen and oxygen atoms in total. The second-order valence-corrected chi connectivity index (χ2v) is 4.12. The largest absolute Gasteiger partial charge is 0.357 e. The molecule has 0 saturated carbocycles. The van der Waals surface area contributed by atoms with Crippen molar-refractivity contribution in [3.63, 3.8) is 0 Å². The zero-order valence-electron chi connectivity index (χ0n) is 10.7. The van der Waals surface area contributed by atoms with E-state index in [2.05, 4.69) is 44.2 Å². The molecule has 2 heterocycles. The van der Waals surface area contributed by atoms with E-state index in [0.717, 1.165) is 23.3 Å². The Morgan fingerprint density at radius 2 is 2.24 bits per heavy atom. The Kier molecular flexibility index (Phi) is 3.12. The molecule has 0 aliphatic carbocycles. The summed E-state index contributed by atoms with van der Waals surface area (Å²) in [6.45, 7) is 4.33. The predicted molar refractivity (Wildman–Crippen MR) is 69.4 cm³/mol. The Bertz CT molecular complexity index is 506. The summed E-state index contributed by atoms with van der Waals surface area (Å²) in [7, 11) is 3.85. The fraction of sp³-hybridized carbons (Fsp3) is 0.545. The number of H-pyrrole nitrogens is 1. The fourth-order valence-electron chi connectivity index (χ4n) is 1.68. The second-order valence-electron chi connectivity index (χ2n) is 4.12. The number of hydrogen-bond acceptors (Lipinski definition) is 5. The van der Waals surface area contributed by atoms with Crippen LogP contribution in [0.3, 0.4) is 0 Å². The van der Waals surface area contributed by atoms with Gasteiger partial charge in [0.05, 0.1) is 11.6 Å². The Morgan fingerprint density at radius 1 is 1.47 bits per heavy atom. The number of rotatable bonds is 4. The molecule has 1 unspecified atom stereocenters. The van der Waals surface area contributed by atoms with E-state index < -0.39 is 0 Å². The van der Waals surface area contributed by atoms with Crippen molar-refractivity contribution in [2.24, 2.45) is 0 Å². The molecule has 0 fully saturated rings. The van der Waals surface area contributed by atoms with Crippen LogP contribution < -0.4 is 10.2 Å². The number of nitrogens with one attached hydrogen (secondary N) is 2. The average molecular weight is 234 g/mol. The van der Waals surface area contributed by atoms with Crippen molar-refractivity contribution in [3.05, 3.63) is 6.20 Å². The van der Waals surface area contributed by atoms with Gasteiger partial charge in [0.25, 0.3) is 0 Å². The molecule has 0 aliphatic heterocycles. The van der Waals surface area contributed by atoms with Crippen LogP contribution in [-0.4, -0.2) is 40.3 Å². The molecule has 6 heteroatoms. The van der Waals surface area contributed by atoms with Crippen LogP contribution in [0.15, 0.2) is 6.20 Å². The van der Waals surface area contributed by atoms with Crippen molar-refractivity contribution in [3.8, 4) is 0 Å². The first-order chi connectivity index (χ1) is 8.17. The van der Waals surface area contributed by atoms with E-state index >= 15 is 0 Å². The number of hydrogen-bond donors (Lipinski definition) is 2. The molecule has 1 atom stereocenters. The van der Waals surface area contributed by atoms with Gasteiger partial charge in [-0.1, -0.05) is 6.92 Å². The highest BCUT2D eigenvalue weighted by atomic mass is 15.3. The minimum Gasteiger partial charge on any atom is -0.357 e. The SMILES string of the molecule is CCC(C)N(C)c1nc(NC)nc2[nH]ncc12. The fourth-order valence-corrected chi connectivity index (χ4v) is 1.68. The third-order valence-corrected chi connectivity index (χ3v) is 3.10. The van der Waals surface area contributed by atoms with E-state index in [-0.39, 0.29) is 0 Å². The lowest BCUT2D eigenvalue weighted by molar-refractivity contribution is 0.659. The molecule has 92 valence electrons. The summed E-state index contributed by atoms with van der Waals surface area (Å²) < 4.78 is 0. The van der Waals surface area contributed by atoms with Gasteiger partial charge in [-0.25, -0.2) is 0 Å². The number of nitrogens with zero attached hydrogens (tertiary/aromatic N) is 4. The van der Waals surface area contributed by atoms with E-state index in [1.54, 1.807) is 6.20 Å². The lowest BCUT2D eigenvalue weighted by Gasteiger charge is -2.25. The molecule has 0 spiro atoms. The number of aromatic nitrogens is 4. The van der Waals surface area contributed by atoms with Crippen LogP contribution in [0.25, 0.3) is 11.0 Å². The van der Waals surface area contributed by atoms with E-state index in [9.17, 15) is 0 Å². The average Bonchev–Trinajstić information content (AvgIpc) is 2.83. The summed E-state index contributed by atoms with van der Waals surface area (Å²) in [6, 6.07) is 0.424. The topological polar surface area (TPSA) is 69.7 Å². The Labute approximate surface area is 100 Å². The van der Waals surface area contributed by atoms with Crippen LogP contribution in [0.4, 0.5) is 11.8 Å². The molecule has 0 saturated heterocycles. The zero-order valence-corrected chi connectivity index (χ0v) is 10.7. The Balaban J connectivity index is 2.53. The normalized spacial score (nSPS) is 12.7. The van der Waals surface area contributed by atoms with Crippen LogP contribution in [0.5, 0.6) is 0 Å². The van der Waals surface area contributed by atoms with Gasteiger partial charge >= 0.3 is 0 Å².